The molecule has 0 aliphatic heterocycles. The number of aromatic hydroxyl groups is 1. The standard InChI is InChI=1S/C14H20O3/c1-11(2)7-8-14(17,10-15)9-12-5-3-4-6-13(12)16/h3-7,15-17H,8-10H2,1-2H3. The van der Waals surface area contributed by atoms with E-state index in [4.69, 9.17) is 0 Å². The third-order valence-corrected chi connectivity index (χ3v) is 2.70. The zero-order valence-electron chi connectivity index (χ0n) is 10.3. The average Bonchev–Trinajstić information content (AvgIpc) is 2.30. The van der Waals surface area contributed by atoms with E-state index in [1.165, 1.54) is 0 Å². The number of aliphatic hydroxyl groups is 2. The Morgan fingerprint density at radius 2 is 1.94 bits per heavy atom. The van der Waals surface area contributed by atoms with Gasteiger partial charge in [0.2, 0.25) is 0 Å². The van der Waals surface area contributed by atoms with Crippen LogP contribution in [0.1, 0.15) is 25.8 Å². The summed E-state index contributed by atoms with van der Waals surface area (Å²) >= 11 is 0. The van der Waals surface area contributed by atoms with E-state index in [1.807, 2.05) is 19.9 Å². The molecule has 0 radical (unpaired) electrons. The second-order valence-electron chi connectivity index (χ2n) is 4.67. The van der Waals surface area contributed by atoms with Gasteiger partial charge in [0.1, 0.15) is 5.75 Å². The van der Waals surface area contributed by atoms with Gasteiger partial charge in [-0.05, 0) is 31.9 Å². The minimum atomic E-state index is -1.21. The van der Waals surface area contributed by atoms with Crippen LogP contribution in [0, 0.1) is 0 Å². The molecule has 0 heterocycles. The molecule has 0 aliphatic rings. The Kier molecular flexibility index (Phi) is 4.73. The molecule has 1 unspecified atom stereocenters. The average molecular weight is 236 g/mol. The lowest BCUT2D eigenvalue weighted by Gasteiger charge is -2.25. The van der Waals surface area contributed by atoms with Gasteiger partial charge in [0.05, 0.1) is 12.2 Å². The van der Waals surface area contributed by atoms with Gasteiger partial charge in [-0.2, -0.15) is 0 Å². The van der Waals surface area contributed by atoms with Crippen LogP contribution in [0.25, 0.3) is 0 Å². The number of para-hydroxylation sites is 1. The van der Waals surface area contributed by atoms with Crippen LogP contribution in [0.15, 0.2) is 35.9 Å². The normalized spacial score (nSPS) is 14.1. The molecule has 3 heteroatoms. The molecule has 0 saturated carbocycles. The second-order valence-corrected chi connectivity index (χ2v) is 4.67. The predicted octanol–water partition coefficient (Wildman–Crippen LogP) is 2.01. The number of allylic oxidation sites excluding steroid dienone is 1. The molecule has 0 aliphatic carbocycles. The first-order valence-electron chi connectivity index (χ1n) is 5.70. The highest BCUT2D eigenvalue weighted by atomic mass is 16.3. The topological polar surface area (TPSA) is 60.7 Å². The fourth-order valence-electron chi connectivity index (χ4n) is 1.60. The molecule has 3 N–H and O–H groups in total. The van der Waals surface area contributed by atoms with Crippen molar-refractivity contribution >= 4 is 0 Å². The van der Waals surface area contributed by atoms with Gasteiger partial charge in [0.25, 0.3) is 0 Å². The molecule has 3 nitrogen and oxygen atoms in total. The maximum Gasteiger partial charge on any atom is 0.118 e. The molecular formula is C14H20O3. The lowest BCUT2D eigenvalue weighted by molar-refractivity contribution is -0.0119. The van der Waals surface area contributed by atoms with Crippen molar-refractivity contribution in [2.24, 2.45) is 0 Å². The fourth-order valence-corrected chi connectivity index (χ4v) is 1.60. The highest BCUT2D eigenvalue weighted by Crippen LogP contribution is 2.24. The molecule has 1 aromatic rings. The molecule has 1 rings (SSSR count). The maximum absolute atomic E-state index is 10.2. The zero-order valence-corrected chi connectivity index (χ0v) is 10.3. The molecule has 0 spiro atoms. The van der Waals surface area contributed by atoms with Crippen molar-refractivity contribution in [1.82, 2.24) is 0 Å². The lowest BCUT2D eigenvalue weighted by Crippen LogP contribution is -2.35. The first kappa shape index (κ1) is 13.7. The van der Waals surface area contributed by atoms with Gasteiger partial charge in [0, 0.05) is 6.42 Å². The van der Waals surface area contributed by atoms with Gasteiger partial charge in [-0.1, -0.05) is 29.8 Å². The van der Waals surface area contributed by atoms with E-state index < -0.39 is 5.60 Å². The summed E-state index contributed by atoms with van der Waals surface area (Å²) in [5.41, 5.74) is 0.524. The quantitative estimate of drug-likeness (QED) is 0.685. The van der Waals surface area contributed by atoms with Crippen molar-refractivity contribution in [3.8, 4) is 5.75 Å². The molecule has 0 bridgehead atoms. The van der Waals surface area contributed by atoms with Crippen molar-refractivity contribution in [3.63, 3.8) is 0 Å². The molecule has 0 amide bonds. The zero-order chi connectivity index (χ0) is 12.9. The maximum atomic E-state index is 10.2. The Balaban J connectivity index is 2.82. The van der Waals surface area contributed by atoms with Gasteiger partial charge in [0.15, 0.2) is 0 Å². The van der Waals surface area contributed by atoms with Crippen molar-refractivity contribution in [2.45, 2.75) is 32.3 Å². The van der Waals surface area contributed by atoms with Crippen molar-refractivity contribution in [3.05, 3.63) is 41.5 Å². The monoisotopic (exact) mass is 236 g/mol. The van der Waals surface area contributed by atoms with Gasteiger partial charge in [-0.15, -0.1) is 0 Å². The summed E-state index contributed by atoms with van der Waals surface area (Å²) in [6.45, 7) is 3.56. The van der Waals surface area contributed by atoms with Crippen LogP contribution in [0.5, 0.6) is 5.75 Å². The van der Waals surface area contributed by atoms with Crippen molar-refractivity contribution < 1.29 is 15.3 Å². The summed E-state index contributed by atoms with van der Waals surface area (Å²) in [6.07, 6.45) is 2.50. The molecule has 1 atom stereocenters. The van der Waals surface area contributed by atoms with Crippen LogP contribution in [0.2, 0.25) is 0 Å². The van der Waals surface area contributed by atoms with Gasteiger partial charge in [-0.3, -0.25) is 0 Å². The lowest BCUT2D eigenvalue weighted by atomic mass is 9.91. The fraction of sp³-hybridized carbons (Fsp3) is 0.429. The molecule has 94 valence electrons. The van der Waals surface area contributed by atoms with Crippen LogP contribution >= 0.6 is 0 Å². The number of rotatable bonds is 5. The minimum absolute atomic E-state index is 0.150. The summed E-state index contributed by atoms with van der Waals surface area (Å²) in [6, 6.07) is 6.85. The second kappa shape index (κ2) is 5.84. The van der Waals surface area contributed by atoms with E-state index in [0.29, 0.717) is 12.0 Å². The molecule has 17 heavy (non-hydrogen) atoms. The minimum Gasteiger partial charge on any atom is -0.508 e. The van der Waals surface area contributed by atoms with Crippen LogP contribution in [0.4, 0.5) is 0 Å². The Bertz CT molecular complexity index is 394. The number of phenols is 1. The summed E-state index contributed by atoms with van der Waals surface area (Å²) < 4.78 is 0. The number of benzene rings is 1. The van der Waals surface area contributed by atoms with Gasteiger partial charge in [-0.25, -0.2) is 0 Å². The largest absolute Gasteiger partial charge is 0.508 e. The molecular weight excluding hydrogens is 216 g/mol. The molecule has 0 aromatic heterocycles. The van der Waals surface area contributed by atoms with Crippen LogP contribution in [0.3, 0.4) is 0 Å². The number of hydrogen-bond acceptors (Lipinski definition) is 3. The third kappa shape index (κ3) is 4.21. The SMILES string of the molecule is CC(C)=CCC(O)(CO)Cc1ccccc1O. The molecule has 0 saturated heterocycles. The Morgan fingerprint density at radius 3 is 2.47 bits per heavy atom. The summed E-state index contributed by atoms with van der Waals surface area (Å²) in [4.78, 5) is 0. The summed E-state index contributed by atoms with van der Waals surface area (Å²) in [5, 5.41) is 29.2. The van der Waals surface area contributed by atoms with E-state index in [0.717, 1.165) is 5.57 Å². The summed E-state index contributed by atoms with van der Waals surface area (Å²) in [7, 11) is 0. The van der Waals surface area contributed by atoms with Gasteiger partial charge < -0.3 is 15.3 Å². The number of hydrogen-bond donors (Lipinski definition) is 3. The first-order chi connectivity index (χ1) is 7.97. The smallest absolute Gasteiger partial charge is 0.118 e. The summed E-state index contributed by atoms with van der Waals surface area (Å²) in [5.74, 6) is 0.150. The predicted molar refractivity (Wildman–Crippen MR) is 67.9 cm³/mol. The van der Waals surface area contributed by atoms with E-state index in [-0.39, 0.29) is 18.8 Å². The highest BCUT2D eigenvalue weighted by Gasteiger charge is 2.26. The first-order valence-corrected chi connectivity index (χ1v) is 5.70. The Morgan fingerprint density at radius 1 is 1.29 bits per heavy atom. The van der Waals surface area contributed by atoms with Crippen LogP contribution in [-0.4, -0.2) is 27.5 Å². The Labute approximate surface area is 102 Å². The number of phenolic OH excluding ortho intramolecular Hbond substituents is 1. The van der Waals surface area contributed by atoms with E-state index >= 15 is 0 Å². The Hall–Kier alpha value is -1.32. The molecule has 1 aromatic carbocycles. The van der Waals surface area contributed by atoms with E-state index in [1.54, 1.807) is 24.3 Å². The number of aliphatic hydroxyl groups excluding tert-OH is 1. The van der Waals surface area contributed by atoms with Crippen molar-refractivity contribution in [2.75, 3.05) is 6.61 Å². The van der Waals surface area contributed by atoms with E-state index in [2.05, 4.69) is 0 Å². The molecule has 0 fully saturated rings. The third-order valence-electron chi connectivity index (χ3n) is 2.70. The van der Waals surface area contributed by atoms with Crippen LogP contribution in [-0.2, 0) is 6.42 Å². The van der Waals surface area contributed by atoms with Crippen LogP contribution < -0.4 is 0 Å². The van der Waals surface area contributed by atoms with Crippen molar-refractivity contribution in [1.29, 1.82) is 0 Å². The van der Waals surface area contributed by atoms with E-state index in [9.17, 15) is 15.3 Å². The highest BCUT2D eigenvalue weighted by molar-refractivity contribution is 5.33. The van der Waals surface area contributed by atoms with Gasteiger partial charge >= 0.3 is 0 Å².